The second kappa shape index (κ2) is 7.41. The normalized spacial score (nSPS) is 21.6. The fourth-order valence-electron chi connectivity index (χ4n) is 2.52. The molecule has 2 unspecified atom stereocenters. The Labute approximate surface area is 128 Å². The summed E-state index contributed by atoms with van der Waals surface area (Å²) < 4.78 is 0.741. The van der Waals surface area contributed by atoms with Crippen LogP contribution in [0.25, 0.3) is 0 Å². The zero-order chi connectivity index (χ0) is 14.5. The van der Waals surface area contributed by atoms with Crippen molar-refractivity contribution in [2.75, 3.05) is 19.6 Å². The van der Waals surface area contributed by atoms with Gasteiger partial charge in [0.1, 0.15) is 0 Å². The van der Waals surface area contributed by atoms with Crippen LogP contribution in [0.5, 0.6) is 0 Å². The van der Waals surface area contributed by atoms with Crippen molar-refractivity contribution in [2.45, 2.75) is 32.4 Å². The second-order valence-corrected chi connectivity index (χ2v) is 7.16. The van der Waals surface area contributed by atoms with Crippen LogP contribution < -0.4 is 5.32 Å². The highest BCUT2D eigenvalue weighted by Crippen LogP contribution is 2.21. The van der Waals surface area contributed by atoms with Gasteiger partial charge in [-0.15, -0.1) is 11.3 Å². The molecular weight excluding hydrogens is 296 g/mol. The first-order chi connectivity index (χ1) is 9.54. The molecule has 20 heavy (non-hydrogen) atoms. The molecule has 0 bridgehead atoms. The Morgan fingerprint density at radius 1 is 1.65 bits per heavy atom. The van der Waals surface area contributed by atoms with Gasteiger partial charge in [-0.2, -0.15) is 0 Å². The monoisotopic (exact) mass is 316 g/mol. The number of carbonyl (C=O) groups is 1. The minimum Gasteiger partial charge on any atom is -0.393 e. The summed E-state index contributed by atoms with van der Waals surface area (Å²) in [6.45, 7) is 4.50. The Balaban J connectivity index is 1.73. The highest BCUT2D eigenvalue weighted by molar-refractivity contribution is 7.16. The lowest BCUT2D eigenvalue weighted by Crippen LogP contribution is -2.44. The van der Waals surface area contributed by atoms with Crippen molar-refractivity contribution in [1.29, 1.82) is 0 Å². The molecule has 2 atom stereocenters. The fourth-order valence-corrected chi connectivity index (χ4v) is 3.55. The van der Waals surface area contributed by atoms with E-state index in [0.29, 0.717) is 13.1 Å². The molecule has 4 nitrogen and oxygen atoms in total. The predicted molar refractivity (Wildman–Crippen MR) is 82.0 cm³/mol. The number of carbonyl (C=O) groups excluding carboxylic acids is 1. The van der Waals surface area contributed by atoms with Gasteiger partial charge >= 0.3 is 0 Å². The number of rotatable bonds is 5. The molecule has 0 aromatic carbocycles. The molecule has 1 aromatic heterocycles. The van der Waals surface area contributed by atoms with Crippen LogP contribution in [0.4, 0.5) is 0 Å². The van der Waals surface area contributed by atoms with Gasteiger partial charge in [0.25, 0.3) is 0 Å². The van der Waals surface area contributed by atoms with Crippen molar-refractivity contribution in [2.24, 2.45) is 5.92 Å². The van der Waals surface area contributed by atoms with Gasteiger partial charge in [-0.05, 0) is 44.4 Å². The molecule has 112 valence electrons. The molecule has 6 heteroatoms. The molecule has 1 saturated heterocycles. The van der Waals surface area contributed by atoms with Crippen LogP contribution in [0, 0.1) is 5.92 Å². The second-order valence-electron chi connectivity index (χ2n) is 5.36. The lowest BCUT2D eigenvalue weighted by atomic mass is 9.93. The Morgan fingerprint density at radius 2 is 2.45 bits per heavy atom. The van der Waals surface area contributed by atoms with E-state index in [0.717, 1.165) is 35.1 Å². The minimum absolute atomic E-state index is 0.0285. The Morgan fingerprint density at radius 3 is 3.10 bits per heavy atom. The number of thiophene rings is 1. The fraction of sp³-hybridized carbons (Fsp3) is 0.643. The van der Waals surface area contributed by atoms with Crippen LogP contribution in [-0.4, -0.2) is 41.7 Å². The van der Waals surface area contributed by atoms with Gasteiger partial charge in [-0.1, -0.05) is 11.6 Å². The Hall–Kier alpha value is -0.620. The first kappa shape index (κ1) is 15.8. The molecule has 0 aliphatic carbocycles. The molecule has 2 heterocycles. The van der Waals surface area contributed by atoms with Gasteiger partial charge < -0.3 is 10.4 Å². The van der Waals surface area contributed by atoms with E-state index in [4.69, 9.17) is 11.6 Å². The number of likely N-dealkylation sites (tertiary alicyclic amines) is 1. The lowest BCUT2D eigenvalue weighted by Gasteiger charge is -2.33. The van der Waals surface area contributed by atoms with E-state index < -0.39 is 0 Å². The van der Waals surface area contributed by atoms with Crippen LogP contribution in [0.15, 0.2) is 12.1 Å². The van der Waals surface area contributed by atoms with Gasteiger partial charge in [0, 0.05) is 11.4 Å². The van der Waals surface area contributed by atoms with Crippen molar-refractivity contribution in [1.82, 2.24) is 10.2 Å². The quantitative estimate of drug-likeness (QED) is 0.875. The number of nitrogens with one attached hydrogen (secondary N) is 1. The smallest absolute Gasteiger partial charge is 0.234 e. The van der Waals surface area contributed by atoms with Crippen molar-refractivity contribution >= 4 is 28.8 Å². The molecule has 1 fully saturated rings. The number of piperidine rings is 1. The third-order valence-corrected chi connectivity index (χ3v) is 4.91. The van der Waals surface area contributed by atoms with E-state index in [1.165, 1.54) is 11.3 Å². The predicted octanol–water partition coefficient (Wildman–Crippen LogP) is 2.11. The van der Waals surface area contributed by atoms with Crippen LogP contribution in [-0.2, 0) is 11.3 Å². The zero-order valence-electron chi connectivity index (χ0n) is 11.6. The van der Waals surface area contributed by atoms with E-state index in [1.807, 2.05) is 19.1 Å². The summed E-state index contributed by atoms with van der Waals surface area (Å²) in [7, 11) is 0. The number of hydrogen-bond donors (Lipinski definition) is 2. The molecule has 1 aliphatic heterocycles. The maximum Gasteiger partial charge on any atom is 0.234 e. The van der Waals surface area contributed by atoms with Crippen molar-refractivity contribution in [3.05, 3.63) is 21.3 Å². The van der Waals surface area contributed by atoms with Gasteiger partial charge in [0.05, 0.1) is 23.5 Å². The molecule has 1 amide bonds. The van der Waals surface area contributed by atoms with Crippen LogP contribution in [0.1, 0.15) is 24.6 Å². The summed E-state index contributed by atoms with van der Waals surface area (Å²) in [5.41, 5.74) is 0. The van der Waals surface area contributed by atoms with Crippen LogP contribution in [0.2, 0.25) is 4.34 Å². The van der Waals surface area contributed by atoms with Gasteiger partial charge in [-0.25, -0.2) is 0 Å². The van der Waals surface area contributed by atoms with Crippen molar-refractivity contribution < 1.29 is 9.90 Å². The molecular formula is C14H21ClN2O2S. The van der Waals surface area contributed by atoms with Crippen LogP contribution in [0.3, 0.4) is 0 Å². The average Bonchev–Trinajstić information content (AvgIpc) is 2.82. The highest BCUT2D eigenvalue weighted by Gasteiger charge is 2.24. The standard InChI is InChI=1S/C14H21ClN2O2S/c1-10(18)11-3-2-6-17(8-11)9-14(19)16-7-12-4-5-13(15)20-12/h4-5,10-11,18H,2-3,6-9H2,1H3,(H,16,19). The summed E-state index contributed by atoms with van der Waals surface area (Å²) >= 11 is 7.34. The molecule has 0 radical (unpaired) electrons. The van der Waals surface area contributed by atoms with Gasteiger partial charge in [0.15, 0.2) is 0 Å². The summed E-state index contributed by atoms with van der Waals surface area (Å²) in [6.07, 6.45) is 1.79. The number of hydrogen-bond acceptors (Lipinski definition) is 4. The maximum atomic E-state index is 11.9. The average molecular weight is 317 g/mol. The summed E-state index contributed by atoms with van der Waals surface area (Å²) in [5.74, 6) is 0.313. The Kier molecular flexibility index (Phi) is 5.84. The lowest BCUT2D eigenvalue weighted by molar-refractivity contribution is -0.123. The van der Waals surface area contributed by atoms with Crippen molar-refractivity contribution in [3.63, 3.8) is 0 Å². The van der Waals surface area contributed by atoms with E-state index in [2.05, 4.69) is 10.2 Å². The SMILES string of the molecule is CC(O)C1CCCN(CC(=O)NCc2ccc(Cl)s2)C1. The highest BCUT2D eigenvalue weighted by atomic mass is 35.5. The molecule has 0 saturated carbocycles. The van der Waals surface area contributed by atoms with Crippen LogP contribution >= 0.6 is 22.9 Å². The molecule has 2 N–H and O–H groups in total. The topological polar surface area (TPSA) is 52.6 Å². The first-order valence-corrected chi connectivity index (χ1v) is 8.15. The van der Waals surface area contributed by atoms with E-state index in [9.17, 15) is 9.90 Å². The maximum absolute atomic E-state index is 11.9. The third kappa shape index (κ3) is 4.74. The van der Waals surface area contributed by atoms with Gasteiger partial charge in [-0.3, -0.25) is 9.69 Å². The largest absolute Gasteiger partial charge is 0.393 e. The van der Waals surface area contributed by atoms with Crippen molar-refractivity contribution in [3.8, 4) is 0 Å². The van der Waals surface area contributed by atoms with Gasteiger partial charge in [0.2, 0.25) is 5.91 Å². The van der Waals surface area contributed by atoms with E-state index in [-0.39, 0.29) is 17.9 Å². The number of aliphatic hydroxyl groups is 1. The summed E-state index contributed by atoms with van der Waals surface area (Å²) in [6, 6.07) is 3.77. The zero-order valence-corrected chi connectivity index (χ0v) is 13.2. The molecule has 1 aliphatic rings. The first-order valence-electron chi connectivity index (χ1n) is 6.96. The molecule has 1 aromatic rings. The molecule has 0 spiro atoms. The van der Waals surface area contributed by atoms with E-state index in [1.54, 1.807) is 0 Å². The third-order valence-electron chi connectivity index (χ3n) is 3.68. The van der Waals surface area contributed by atoms with E-state index >= 15 is 0 Å². The summed E-state index contributed by atoms with van der Waals surface area (Å²) in [5, 5.41) is 12.6. The Bertz CT molecular complexity index is 450. The number of halogens is 1. The summed E-state index contributed by atoms with van der Waals surface area (Å²) in [4.78, 5) is 15.1. The minimum atomic E-state index is -0.297. The number of amides is 1. The number of nitrogens with zero attached hydrogens (tertiary/aromatic N) is 1. The number of aliphatic hydroxyl groups excluding tert-OH is 1. The molecule has 2 rings (SSSR count).